The van der Waals surface area contributed by atoms with Crippen molar-refractivity contribution in [1.29, 1.82) is 0 Å². The van der Waals surface area contributed by atoms with Gasteiger partial charge in [-0.05, 0) is 12.8 Å². The molecule has 0 aromatic rings. The fraction of sp³-hybridized carbons (Fsp3) is 1.00. The number of aliphatic hydroxyl groups is 1. The third-order valence-corrected chi connectivity index (χ3v) is 4.30. The average molecular weight is 227 g/mol. The standard InChI is InChI=1S/C13H25NO2/c1-4-5-9(15)8-14-11-10-6-7-16-12(10)13(11,2)3/h9-12,14-15H,4-8H2,1-3H3. The number of ether oxygens (including phenoxy) is 1. The minimum Gasteiger partial charge on any atom is -0.392 e. The van der Waals surface area contributed by atoms with Crippen molar-refractivity contribution in [2.75, 3.05) is 13.2 Å². The Morgan fingerprint density at radius 2 is 2.25 bits per heavy atom. The fourth-order valence-electron chi connectivity index (χ4n) is 3.44. The molecule has 94 valence electrons. The van der Waals surface area contributed by atoms with Crippen molar-refractivity contribution in [1.82, 2.24) is 5.32 Å². The van der Waals surface area contributed by atoms with Crippen molar-refractivity contribution in [2.24, 2.45) is 11.3 Å². The van der Waals surface area contributed by atoms with Gasteiger partial charge in [0.25, 0.3) is 0 Å². The molecule has 4 unspecified atom stereocenters. The van der Waals surface area contributed by atoms with Crippen LogP contribution in [0.1, 0.15) is 40.0 Å². The predicted molar refractivity (Wildman–Crippen MR) is 64.3 cm³/mol. The van der Waals surface area contributed by atoms with Gasteiger partial charge in [0.15, 0.2) is 0 Å². The summed E-state index contributed by atoms with van der Waals surface area (Å²) >= 11 is 0. The van der Waals surface area contributed by atoms with Crippen molar-refractivity contribution in [2.45, 2.75) is 58.3 Å². The van der Waals surface area contributed by atoms with Crippen LogP contribution in [0.2, 0.25) is 0 Å². The first kappa shape index (κ1) is 12.3. The molecule has 0 amide bonds. The number of hydrogen-bond acceptors (Lipinski definition) is 3. The molecule has 1 aliphatic carbocycles. The van der Waals surface area contributed by atoms with Crippen LogP contribution in [-0.2, 0) is 4.74 Å². The molecule has 3 nitrogen and oxygen atoms in total. The Morgan fingerprint density at radius 1 is 1.50 bits per heavy atom. The largest absolute Gasteiger partial charge is 0.392 e. The Hall–Kier alpha value is -0.120. The Labute approximate surface area is 98.6 Å². The molecule has 0 spiro atoms. The van der Waals surface area contributed by atoms with E-state index in [-0.39, 0.29) is 11.5 Å². The number of hydrogen-bond donors (Lipinski definition) is 2. The molecule has 2 aliphatic rings. The highest BCUT2D eigenvalue weighted by atomic mass is 16.5. The quantitative estimate of drug-likeness (QED) is 0.749. The summed E-state index contributed by atoms with van der Waals surface area (Å²) in [6.45, 7) is 8.28. The zero-order valence-electron chi connectivity index (χ0n) is 10.7. The van der Waals surface area contributed by atoms with E-state index in [1.54, 1.807) is 0 Å². The molecule has 0 bridgehead atoms. The first-order valence-corrected chi connectivity index (χ1v) is 6.60. The normalized spacial score (nSPS) is 37.9. The monoisotopic (exact) mass is 227 g/mol. The lowest BCUT2D eigenvalue weighted by Crippen LogP contribution is -2.66. The van der Waals surface area contributed by atoms with Gasteiger partial charge in [-0.3, -0.25) is 0 Å². The molecule has 2 N–H and O–H groups in total. The fourth-order valence-corrected chi connectivity index (χ4v) is 3.44. The van der Waals surface area contributed by atoms with E-state index in [9.17, 15) is 5.11 Å². The Kier molecular flexibility index (Phi) is 3.57. The van der Waals surface area contributed by atoms with Gasteiger partial charge in [-0.15, -0.1) is 0 Å². The lowest BCUT2D eigenvalue weighted by atomic mass is 9.57. The van der Waals surface area contributed by atoms with E-state index < -0.39 is 0 Å². The van der Waals surface area contributed by atoms with Crippen LogP contribution < -0.4 is 5.32 Å². The number of aliphatic hydroxyl groups excluding tert-OH is 1. The Balaban J connectivity index is 1.81. The Bertz CT molecular complexity index is 242. The van der Waals surface area contributed by atoms with E-state index in [0.717, 1.165) is 26.0 Å². The topological polar surface area (TPSA) is 41.5 Å². The van der Waals surface area contributed by atoms with E-state index in [1.165, 1.54) is 6.42 Å². The summed E-state index contributed by atoms with van der Waals surface area (Å²) < 4.78 is 5.75. The zero-order chi connectivity index (χ0) is 11.8. The van der Waals surface area contributed by atoms with Crippen molar-refractivity contribution >= 4 is 0 Å². The summed E-state index contributed by atoms with van der Waals surface area (Å²) in [5, 5.41) is 13.3. The van der Waals surface area contributed by atoms with Crippen LogP contribution in [0, 0.1) is 11.3 Å². The average Bonchev–Trinajstić information content (AvgIpc) is 2.64. The molecule has 1 saturated carbocycles. The number of rotatable bonds is 5. The molecule has 0 aromatic carbocycles. The van der Waals surface area contributed by atoms with Crippen molar-refractivity contribution in [3.8, 4) is 0 Å². The zero-order valence-corrected chi connectivity index (χ0v) is 10.7. The first-order chi connectivity index (χ1) is 7.57. The van der Waals surface area contributed by atoms with Crippen LogP contribution >= 0.6 is 0 Å². The Morgan fingerprint density at radius 3 is 2.94 bits per heavy atom. The van der Waals surface area contributed by atoms with Gasteiger partial charge < -0.3 is 15.2 Å². The van der Waals surface area contributed by atoms with Crippen LogP contribution in [-0.4, -0.2) is 36.5 Å². The molecule has 1 saturated heterocycles. The molecule has 1 heterocycles. The van der Waals surface area contributed by atoms with Gasteiger partial charge in [-0.25, -0.2) is 0 Å². The lowest BCUT2D eigenvalue weighted by Gasteiger charge is -2.55. The van der Waals surface area contributed by atoms with Crippen LogP contribution in [0.3, 0.4) is 0 Å². The van der Waals surface area contributed by atoms with Crippen molar-refractivity contribution < 1.29 is 9.84 Å². The second-order valence-corrected chi connectivity index (χ2v) is 5.89. The van der Waals surface area contributed by atoms with E-state index in [0.29, 0.717) is 18.1 Å². The minimum absolute atomic E-state index is 0.192. The molecule has 2 rings (SSSR count). The number of fused-ring (bicyclic) bond motifs is 1. The molecule has 2 fully saturated rings. The van der Waals surface area contributed by atoms with Gasteiger partial charge in [0.05, 0.1) is 12.2 Å². The molecule has 3 heteroatoms. The van der Waals surface area contributed by atoms with Crippen LogP contribution in [0.15, 0.2) is 0 Å². The molecule has 16 heavy (non-hydrogen) atoms. The maximum Gasteiger partial charge on any atom is 0.0685 e. The molecule has 0 radical (unpaired) electrons. The molecule has 1 aliphatic heterocycles. The van der Waals surface area contributed by atoms with E-state index in [4.69, 9.17) is 4.74 Å². The highest BCUT2D eigenvalue weighted by Gasteiger charge is 2.58. The SMILES string of the molecule is CCCC(O)CNC1C2CCOC2C1(C)C. The maximum atomic E-state index is 9.73. The second kappa shape index (κ2) is 4.63. The van der Waals surface area contributed by atoms with Gasteiger partial charge in [0.2, 0.25) is 0 Å². The predicted octanol–water partition coefficient (Wildman–Crippen LogP) is 1.55. The highest BCUT2D eigenvalue weighted by Crippen LogP contribution is 2.51. The third-order valence-electron chi connectivity index (χ3n) is 4.30. The van der Waals surface area contributed by atoms with Crippen molar-refractivity contribution in [3.63, 3.8) is 0 Å². The summed E-state index contributed by atoms with van der Waals surface area (Å²) in [7, 11) is 0. The van der Waals surface area contributed by atoms with E-state index in [2.05, 4.69) is 26.1 Å². The van der Waals surface area contributed by atoms with Gasteiger partial charge in [-0.1, -0.05) is 27.2 Å². The molecular formula is C13H25NO2. The van der Waals surface area contributed by atoms with Gasteiger partial charge in [-0.2, -0.15) is 0 Å². The molecule has 4 atom stereocenters. The molecular weight excluding hydrogens is 202 g/mol. The second-order valence-electron chi connectivity index (χ2n) is 5.89. The maximum absolute atomic E-state index is 9.73. The van der Waals surface area contributed by atoms with Crippen LogP contribution in [0.5, 0.6) is 0 Å². The van der Waals surface area contributed by atoms with Crippen LogP contribution in [0.4, 0.5) is 0 Å². The van der Waals surface area contributed by atoms with Crippen LogP contribution in [0.25, 0.3) is 0 Å². The first-order valence-electron chi connectivity index (χ1n) is 6.60. The smallest absolute Gasteiger partial charge is 0.0685 e. The molecule has 0 aromatic heterocycles. The minimum atomic E-state index is -0.192. The van der Waals surface area contributed by atoms with E-state index >= 15 is 0 Å². The summed E-state index contributed by atoms with van der Waals surface area (Å²) in [6.07, 6.45) is 3.36. The number of nitrogens with one attached hydrogen (secondary N) is 1. The summed E-state index contributed by atoms with van der Waals surface area (Å²) in [5.41, 5.74) is 0.229. The highest BCUT2D eigenvalue weighted by molar-refractivity contribution is 5.11. The van der Waals surface area contributed by atoms with Gasteiger partial charge >= 0.3 is 0 Å². The summed E-state index contributed by atoms with van der Waals surface area (Å²) in [4.78, 5) is 0. The van der Waals surface area contributed by atoms with Gasteiger partial charge in [0, 0.05) is 30.5 Å². The lowest BCUT2D eigenvalue weighted by molar-refractivity contribution is -0.114. The summed E-state index contributed by atoms with van der Waals surface area (Å²) in [6, 6.07) is 0.520. The third kappa shape index (κ3) is 2.01. The van der Waals surface area contributed by atoms with Crippen molar-refractivity contribution in [3.05, 3.63) is 0 Å². The summed E-state index contributed by atoms with van der Waals surface area (Å²) in [5.74, 6) is 0.670. The van der Waals surface area contributed by atoms with E-state index in [1.807, 2.05) is 0 Å². The van der Waals surface area contributed by atoms with Gasteiger partial charge in [0.1, 0.15) is 0 Å².